The van der Waals surface area contributed by atoms with E-state index in [0.717, 1.165) is 48.6 Å². The third kappa shape index (κ3) is 3.13. The number of aromatic nitrogens is 4. The van der Waals surface area contributed by atoms with E-state index in [1.807, 2.05) is 42.6 Å². The number of amides is 1. The van der Waals surface area contributed by atoms with Gasteiger partial charge < -0.3 is 4.90 Å². The van der Waals surface area contributed by atoms with Crippen LogP contribution in [0.2, 0.25) is 0 Å². The number of hydrogen-bond acceptors (Lipinski definition) is 3. The first-order valence-corrected chi connectivity index (χ1v) is 9.80. The number of nitrogens with zero attached hydrogens (tertiary/aromatic N) is 4. The van der Waals surface area contributed by atoms with Gasteiger partial charge in [0.2, 0.25) is 0 Å². The number of rotatable bonds is 3. The number of benzene rings is 1. The molecule has 1 atom stereocenters. The molecule has 0 bridgehead atoms. The van der Waals surface area contributed by atoms with Crippen molar-refractivity contribution in [3.05, 3.63) is 59.0 Å². The van der Waals surface area contributed by atoms with Gasteiger partial charge in [0.05, 0.1) is 11.4 Å². The largest absolute Gasteiger partial charge is 0.336 e. The van der Waals surface area contributed by atoms with Crippen LogP contribution >= 0.6 is 0 Å². The van der Waals surface area contributed by atoms with Crippen molar-refractivity contribution in [2.24, 2.45) is 7.05 Å². The smallest absolute Gasteiger partial charge is 0.271 e. The van der Waals surface area contributed by atoms with Crippen molar-refractivity contribution in [1.29, 1.82) is 0 Å². The number of nitrogens with one attached hydrogen (secondary N) is 1. The van der Waals surface area contributed by atoms with Gasteiger partial charge in [-0.25, -0.2) is 0 Å². The molecule has 1 aliphatic heterocycles. The molecule has 0 aliphatic carbocycles. The van der Waals surface area contributed by atoms with Gasteiger partial charge in [0.1, 0.15) is 5.69 Å². The predicted molar refractivity (Wildman–Crippen MR) is 109 cm³/mol. The lowest BCUT2D eigenvalue weighted by atomic mass is 9.76. The summed E-state index contributed by atoms with van der Waals surface area (Å²) >= 11 is 0. The standard InChI is InChI=1S/C22H27N5O/c1-15-20(16(2)26(4)25-15)18-13-19(24-23-18)21(28)27-12-8-11-22(3,14-27)17-9-6-5-7-10-17/h5-7,9-10,13H,8,11-12,14H2,1-4H3,(H,23,24)/t22-/m1/s1. The van der Waals surface area contributed by atoms with Gasteiger partial charge in [0.15, 0.2) is 0 Å². The van der Waals surface area contributed by atoms with Crippen LogP contribution in [0.25, 0.3) is 11.3 Å². The molecule has 6 heteroatoms. The summed E-state index contributed by atoms with van der Waals surface area (Å²) in [5, 5.41) is 11.8. The lowest BCUT2D eigenvalue weighted by Gasteiger charge is -2.40. The van der Waals surface area contributed by atoms with E-state index in [1.165, 1.54) is 5.56 Å². The van der Waals surface area contributed by atoms with Gasteiger partial charge in [-0.1, -0.05) is 37.3 Å². The number of hydrogen-bond donors (Lipinski definition) is 1. The van der Waals surface area contributed by atoms with Crippen LogP contribution in [0.4, 0.5) is 0 Å². The first kappa shape index (κ1) is 18.5. The van der Waals surface area contributed by atoms with Gasteiger partial charge in [-0.15, -0.1) is 0 Å². The van der Waals surface area contributed by atoms with Crippen molar-refractivity contribution in [2.45, 2.75) is 39.0 Å². The SMILES string of the molecule is Cc1nn(C)c(C)c1-c1cc(C(=O)N2CCC[C@@](C)(c3ccccc3)C2)[nH]n1. The Balaban J connectivity index is 1.58. The lowest BCUT2D eigenvalue weighted by Crippen LogP contribution is -2.47. The highest BCUT2D eigenvalue weighted by atomic mass is 16.2. The van der Waals surface area contributed by atoms with Crippen molar-refractivity contribution in [3.63, 3.8) is 0 Å². The molecule has 3 aromatic rings. The minimum atomic E-state index is -0.0193. The zero-order chi connectivity index (χ0) is 19.9. The summed E-state index contributed by atoms with van der Waals surface area (Å²) in [5.41, 5.74) is 5.53. The molecule has 1 saturated heterocycles. The van der Waals surface area contributed by atoms with E-state index in [-0.39, 0.29) is 11.3 Å². The Labute approximate surface area is 165 Å². The second-order valence-corrected chi connectivity index (χ2v) is 8.09. The summed E-state index contributed by atoms with van der Waals surface area (Å²) in [7, 11) is 1.92. The summed E-state index contributed by atoms with van der Waals surface area (Å²) in [4.78, 5) is 15.1. The summed E-state index contributed by atoms with van der Waals surface area (Å²) in [6, 6.07) is 12.4. The molecule has 28 heavy (non-hydrogen) atoms. The second-order valence-electron chi connectivity index (χ2n) is 8.09. The Kier molecular flexibility index (Phi) is 4.57. The van der Waals surface area contributed by atoms with E-state index >= 15 is 0 Å². The number of aromatic amines is 1. The van der Waals surface area contributed by atoms with Gasteiger partial charge >= 0.3 is 0 Å². The van der Waals surface area contributed by atoms with Crippen LogP contribution in [0, 0.1) is 13.8 Å². The van der Waals surface area contributed by atoms with Gasteiger partial charge in [-0.05, 0) is 38.3 Å². The fraction of sp³-hybridized carbons (Fsp3) is 0.409. The minimum absolute atomic E-state index is 0.0137. The summed E-state index contributed by atoms with van der Waals surface area (Å²) in [5.74, 6) is 0.0137. The molecule has 0 unspecified atom stereocenters. The van der Waals surface area contributed by atoms with E-state index in [2.05, 4.69) is 46.5 Å². The first-order chi connectivity index (χ1) is 13.4. The van der Waals surface area contributed by atoms with Crippen LogP contribution in [0.1, 0.15) is 47.2 Å². The first-order valence-electron chi connectivity index (χ1n) is 9.80. The molecule has 0 radical (unpaired) electrons. The Morgan fingerprint density at radius 1 is 1.21 bits per heavy atom. The highest BCUT2D eigenvalue weighted by molar-refractivity contribution is 5.93. The summed E-state index contributed by atoms with van der Waals surface area (Å²) in [6.45, 7) is 7.73. The average Bonchev–Trinajstić information content (AvgIpc) is 3.26. The fourth-order valence-corrected chi connectivity index (χ4v) is 4.36. The average molecular weight is 377 g/mol. The van der Waals surface area contributed by atoms with Crippen molar-refractivity contribution in [3.8, 4) is 11.3 Å². The monoisotopic (exact) mass is 377 g/mol. The Bertz CT molecular complexity index is 1000. The number of carbonyl (C=O) groups excluding carboxylic acids is 1. The Morgan fingerprint density at radius 2 is 1.96 bits per heavy atom. The van der Waals surface area contributed by atoms with Crippen molar-refractivity contribution in [1.82, 2.24) is 24.9 Å². The molecule has 1 N–H and O–H groups in total. The molecule has 6 nitrogen and oxygen atoms in total. The van der Waals surface area contributed by atoms with Crippen molar-refractivity contribution >= 4 is 5.91 Å². The number of aryl methyl sites for hydroxylation is 2. The molecule has 4 rings (SSSR count). The molecular weight excluding hydrogens is 350 g/mol. The Morgan fingerprint density at radius 3 is 2.64 bits per heavy atom. The van der Waals surface area contributed by atoms with Crippen molar-refractivity contribution < 1.29 is 4.79 Å². The van der Waals surface area contributed by atoms with E-state index in [1.54, 1.807) is 0 Å². The molecule has 2 aromatic heterocycles. The molecule has 0 spiro atoms. The maximum atomic E-state index is 13.2. The molecule has 3 heterocycles. The zero-order valence-electron chi connectivity index (χ0n) is 17.0. The molecule has 1 aliphatic rings. The maximum absolute atomic E-state index is 13.2. The lowest BCUT2D eigenvalue weighted by molar-refractivity contribution is 0.0645. The van der Waals surface area contributed by atoms with E-state index in [0.29, 0.717) is 5.69 Å². The van der Waals surface area contributed by atoms with Crippen LogP contribution in [0.3, 0.4) is 0 Å². The molecule has 1 aromatic carbocycles. The van der Waals surface area contributed by atoms with Gasteiger partial charge in [0.25, 0.3) is 5.91 Å². The van der Waals surface area contributed by atoms with Crippen LogP contribution < -0.4 is 0 Å². The second kappa shape index (κ2) is 6.93. The number of likely N-dealkylation sites (tertiary alicyclic amines) is 1. The van der Waals surface area contributed by atoms with E-state index in [4.69, 9.17) is 0 Å². The quantitative estimate of drug-likeness (QED) is 0.758. The Hall–Kier alpha value is -2.89. The van der Waals surface area contributed by atoms with E-state index in [9.17, 15) is 4.79 Å². The topological polar surface area (TPSA) is 66.8 Å². The van der Waals surface area contributed by atoms with Crippen molar-refractivity contribution in [2.75, 3.05) is 13.1 Å². The normalized spacial score (nSPS) is 19.8. The molecule has 1 amide bonds. The molecular formula is C22H27N5O. The zero-order valence-corrected chi connectivity index (χ0v) is 17.0. The molecule has 1 fully saturated rings. The van der Waals surface area contributed by atoms with Crippen LogP contribution in [-0.4, -0.2) is 43.9 Å². The molecule has 0 saturated carbocycles. The van der Waals surface area contributed by atoms with Gasteiger partial charge in [-0.2, -0.15) is 10.2 Å². The van der Waals surface area contributed by atoms with E-state index < -0.39 is 0 Å². The van der Waals surface area contributed by atoms with Crippen LogP contribution in [-0.2, 0) is 12.5 Å². The summed E-state index contributed by atoms with van der Waals surface area (Å²) in [6.07, 6.45) is 2.09. The number of piperidine rings is 1. The minimum Gasteiger partial charge on any atom is -0.336 e. The third-order valence-electron chi connectivity index (χ3n) is 6.03. The highest BCUT2D eigenvalue weighted by Crippen LogP contribution is 2.34. The van der Waals surface area contributed by atoms with Gasteiger partial charge in [0, 0.05) is 36.8 Å². The van der Waals surface area contributed by atoms with Gasteiger partial charge in [-0.3, -0.25) is 14.6 Å². The predicted octanol–water partition coefficient (Wildman–Crippen LogP) is 3.62. The molecule has 146 valence electrons. The fourth-order valence-electron chi connectivity index (χ4n) is 4.36. The van der Waals surface area contributed by atoms with Crippen LogP contribution in [0.5, 0.6) is 0 Å². The number of carbonyl (C=O) groups is 1. The van der Waals surface area contributed by atoms with Crippen LogP contribution in [0.15, 0.2) is 36.4 Å². The third-order valence-corrected chi connectivity index (χ3v) is 6.03. The number of H-pyrrole nitrogens is 1. The maximum Gasteiger partial charge on any atom is 0.271 e. The highest BCUT2D eigenvalue weighted by Gasteiger charge is 2.35. The summed E-state index contributed by atoms with van der Waals surface area (Å²) < 4.78 is 1.84.